The molecule has 0 aliphatic carbocycles. The van der Waals surface area contributed by atoms with Crippen molar-refractivity contribution in [1.82, 2.24) is 0 Å². The van der Waals surface area contributed by atoms with Crippen LogP contribution in [0.1, 0.15) is 43.4 Å². The number of hydrogen-bond donors (Lipinski definition) is 0. The third kappa shape index (κ3) is 5.12. The highest BCUT2D eigenvalue weighted by molar-refractivity contribution is 5.87. The minimum atomic E-state index is -0.295. The predicted molar refractivity (Wildman–Crippen MR) is 80.8 cm³/mol. The molecule has 0 saturated heterocycles. The van der Waals surface area contributed by atoms with E-state index in [0.717, 1.165) is 30.4 Å². The SMILES string of the molecule is C=Cc1ccc(/C=C/C(=O)OCC)c(CCCC)c1. The number of carbonyl (C=O) groups is 1. The first-order valence-electron chi connectivity index (χ1n) is 6.81. The van der Waals surface area contributed by atoms with Gasteiger partial charge in [0.25, 0.3) is 0 Å². The van der Waals surface area contributed by atoms with E-state index in [-0.39, 0.29) is 5.97 Å². The van der Waals surface area contributed by atoms with Gasteiger partial charge in [-0.1, -0.05) is 44.2 Å². The van der Waals surface area contributed by atoms with Gasteiger partial charge in [0.15, 0.2) is 0 Å². The van der Waals surface area contributed by atoms with Crippen molar-refractivity contribution in [3.63, 3.8) is 0 Å². The van der Waals surface area contributed by atoms with E-state index in [4.69, 9.17) is 4.74 Å². The second-order valence-corrected chi connectivity index (χ2v) is 4.35. The molecule has 0 aromatic heterocycles. The largest absolute Gasteiger partial charge is 0.463 e. The zero-order valence-electron chi connectivity index (χ0n) is 11.8. The van der Waals surface area contributed by atoms with Gasteiger partial charge in [0.1, 0.15) is 0 Å². The Morgan fingerprint density at radius 2 is 2.16 bits per heavy atom. The molecule has 0 unspecified atom stereocenters. The Labute approximate surface area is 115 Å². The summed E-state index contributed by atoms with van der Waals surface area (Å²) in [5.74, 6) is -0.295. The van der Waals surface area contributed by atoms with E-state index in [1.807, 2.05) is 24.3 Å². The summed E-state index contributed by atoms with van der Waals surface area (Å²) in [5.41, 5.74) is 3.44. The van der Waals surface area contributed by atoms with Crippen molar-refractivity contribution < 1.29 is 9.53 Å². The van der Waals surface area contributed by atoms with E-state index in [2.05, 4.69) is 19.6 Å². The van der Waals surface area contributed by atoms with Gasteiger partial charge in [0.2, 0.25) is 0 Å². The Morgan fingerprint density at radius 1 is 1.37 bits per heavy atom. The summed E-state index contributed by atoms with van der Waals surface area (Å²) >= 11 is 0. The maximum atomic E-state index is 11.3. The van der Waals surface area contributed by atoms with E-state index in [1.54, 1.807) is 6.92 Å². The second kappa shape index (κ2) is 8.30. The maximum absolute atomic E-state index is 11.3. The third-order valence-electron chi connectivity index (χ3n) is 2.89. The van der Waals surface area contributed by atoms with Crippen LogP contribution < -0.4 is 0 Å². The van der Waals surface area contributed by atoms with E-state index in [1.165, 1.54) is 11.6 Å². The highest BCUT2D eigenvalue weighted by Crippen LogP contribution is 2.17. The number of unbranched alkanes of at least 4 members (excludes halogenated alkanes) is 1. The number of ether oxygens (including phenoxy) is 1. The van der Waals surface area contributed by atoms with Gasteiger partial charge in [-0.15, -0.1) is 0 Å². The molecule has 0 heterocycles. The van der Waals surface area contributed by atoms with Gasteiger partial charge in [-0.2, -0.15) is 0 Å². The van der Waals surface area contributed by atoms with Gasteiger partial charge in [-0.25, -0.2) is 4.79 Å². The Morgan fingerprint density at radius 3 is 2.79 bits per heavy atom. The van der Waals surface area contributed by atoms with Crippen molar-refractivity contribution in [2.45, 2.75) is 33.1 Å². The van der Waals surface area contributed by atoms with Crippen molar-refractivity contribution in [2.75, 3.05) is 6.61 Å². The topological polar surface area (TPSA) is 26.3 Å². The summed E-state index contributed by atoms with van der Waals surface area (Å²) in [6.45, 7) is 8.17. The first kappa shape index (κ1) is 15.2. The smallest absolute Gasteiger partial charge is 0.330 e. The van der Waals surface area contributed by atoms with Crippen LogP contribution in [-0.2, 0) is 16.0 Å². The average molecular weight is 258 g/mol. The number of aryl methyl sites for hydroxylation is 1. The van der Waals surface area contributed by atoms with Crippen LogP contribution in [0.25, 0.3) is 12.2 Å². The predicted octanol–water partition coefficient (Wildman–Crippen LogP) is 4.25. The maximum Gasteiger partial charge on any atom is 0.330 e. The zero-order chi connectivity index (χ0) is 14.1. The molecule has 0 radical (unpaired) electrons. The van der Waals surface area contributed by atoms with Crippen LogP contribution >= 0.6 is 0 Å². The van der Waals surface area contributed by atoms with Gasteiger partial charge in [0.05, 0.1) is 6.61 Å². The Hall–Kier alpha value is -1.83. The van der Waals surface area contributed by atoms with Crippen molar-refractivity contribution in [3.8, 4) is 0 Å². The molecular formula is C17H22O2. The number of esters is 1. The molecule has 102 valence electrons. The fraction of sp³-hybridized carbons (Fsp3) is 0.353. The molecule has 0 aliphatic heterocycles. The highest BCUT2D eigenvalue weighted by atomic mass is 16.5. The summed E-state index contributed by atoms with van der Waals surface area (Å²) in [6.07, 6.45) is 8.47. The van der Waals surface area contributed by atoms with Crippen LogP contribution in [0, 0.1) is 0 Å². The normalized spacial score (nSPS) is 10.6. The minimum Gasteiger partial charge on any atom is -0.463 e. The Kier molecular flexibility index (Phi) is 6.65. The minimum absolute atomic E-state index is 0.295. The van der Waals surface area contributed by atoms with Crippen LogP contribution in [0.2, 0.25) is 0 Å². The van der Waals surface area contributed by atoms with E-state index in [0.29, 0.717) is 6.61 Å². The molecule has 2 nitrogen and oxygen atoms in total. The molecule has 0 fully saturated rings. The molecule has 0 amide bonds. The lowest BCUT2D eigenvalue weighted by atomic mass is 9.99. The molecule has 1 aromatic rings. The lowest BCUT2D eigenvalue weighted by Crippen LogP contribution is -1.99. The van der Waals surface area contributed by atoms with Crippen molar-refractivity contribution >= 4 is 18.1 Å². The lowest BCUT2D eigenvalue weighted by molar-refractivity contribution is -0.137. The average Bonchev–Trinajstić information content (AvgIpc) is 2.43. The van der Waals surface area contributed by atoms with Crippen molar-refractivity contribution in [1.29, 1.82) is 0 Å². The molecule has 1 aromatic carbocycles. The molecular weight excluding hydrogens is 236 g/mol. The zero-order valence-corrected chi connectivity index (χ0v) is 11.8. The van der Waals surface area contributed by atoms with Crippen molar-refractivity contribution in [3.05, 3.63) is 47.5 Å². The summed E-state index contributed by atoms with van der Waals surface area (Å²) in [6, 6.07) is 6.17. The van der Waals surface area contributed by atoms with E-state index < -0.39 is 0 Å². The van der Waals surface area contributed by atoms with Crippen LogP contribution in [0.5, 0.6) is 0 Å². The van der Waals surface area contributed by atoms with Crippen LogP contribution in [0.4, 0.5) is 0 Å². The first-order chi connectivity index (χ1) is 9.21. The Bertz CT molecular complexity index is 458. The van der Waals surface area contributed by atoms with Crippen molar-refractivity contribution in [2.24, 2.45) is 0 Å². The number of benzene rings is 1. The van der Waals surface area contributed by atoms with Gasteiger partial charge >= 0.3 is 5.97 Å². The first-order valence-corrected chi connectivity index (χ1v) is 6.81. The molecule has 0 bridgehead atoms. The van der Waals surface area contributed by atoms with E-state index >= 15 is 0 Å². The highest BCUT2D eigenvalue weighted by Gasteiger charge is 2.02. The second-order valence-electron chi connectivity index (χ2n) is 4.35. The third-order valence-corrected chi connectivity index (χ3v) is 2.89. The molecule has 0 aliphatic rings. The van der Waals surface area contributed by atoms with Gasteiger partial charge in [0, 0.05) is 6.08 Å². The summed E-state index contributed by atoms with van der Waals surface area (Å²) in [4.78, 5) is 11.3. The van der Waals surface area contributed by atoms with E-state index in [9.17, 15) is 4.79 Å². The standard InChI is InChI=1S/C17H22O2/c1-4-7-8-16-13-14(5-2)9-10-15(16)11-12-17(18)19-6-3/h5,9-13H,2,4,6-8H2,1,3H3/b12-11+. The van der Waals surface area contributed by atoms with Gasteiger partial charge < -0.3 is 4.74 Å². The summed E-state index contributed by atoms with van der Waals surface area (Å²) < 4.78 is 4.89. The van der Waals surface area contributed by atoms with Crippen LogP contribution in [0.3, 0.4) is 0 Å². The molecule has 1 rings (SSSR count). The molecule has 0 atom stereocenters. The van der Waals surface area contributed by atoms with Gasteiger partial charge in [-0.05, 0) is 42.5 Å². The molecule has 0 N–H and O–H groups in total. The number of rotatable bonds is 7. The lowest BCUT2D eigenvalue weighted by Gasteiger charge is -2.07. The monoisotopic (exact) mass is 258 g/mol. The molecule has 2 heteroatoms. The molecule has 0 saturated carbocycles. The molecule has 19 heavy (non-hydrogen) atoms. The Balaban J connectivity index is 2.91. The molecule has 0 spiro atoms. The van der Waals surface area contributed by atoms with Gasteiger partial charge in [-0.3, -0.25) is 0 Å². The summed E-state index contributed by atoms with van der Waals surface area (Å²) in [5, 5.41) is 0. The fourth-order valence-electron chi connectivity index (χ4n) is 1.85. The van der Waals surface area contributed by atoms with Crippen LogP contribution in [-0.4, -0.2) is 12.6 Å². The number of hydrogen-bond acceptors (Lipinski definition) is 2. The summed E-state index contributed by atoms with van der Waals surface area (Å²) in [7, 11) is 0. The number of carbonyl (C=O) groups excluding carboxylic acids is 1. The quantitative estimate of drug-likeness (QED) is 0.540. The fourth-order valence-corrected chi connectivity index (χ4v) is 1.85. The van der Waals surface area contributed by atoms with Crippen LogP contribution in [0.15, 0.2) is 30.9 Å².